The van der Waals surface area contributed by atoms with E-state index in [4.69, 9.17) is 14.7 Å². The van der Waals surface area contributed by atoms with Crippen molar-refractivity contribution in [3.8, 4) is 22.4 Å². The van der Waals surface area contributed by atoms with Crippen LogP contribution in [0.25, 0.3) is 28.0 Å². The number of allylic oxidation sites excluding steroid dienone is 3. The van der Waals surface area contributed by atoms with Gasteiger partial charge in [0.25, 0.3) is 0 Å². The minimum Gasteiger partial charge on any atom is -0.459 e. The van der Waals surface area contributed by atoms with E-state index in [1.54, 1.807) is 6.08 Å². The van der Waals surface area contributed by atoms with Gasteiger partial charge < -0.3 is 9.21 Å². The lowest BCUT2D eigenvalue weighted by molar-refractivity contribution is -0.145. The highest BCUT2D eigenvalue weighted by Crippen LogP contribution is 2.67. The molecule has 5 aliphatic rings. The number of ether oxygens (including phenoxy) is 1. The fourth-order valence-corrected chi connectivity index (χ4v) is 14.6. The van der Waals surface area contributed by atoms with Crippen LogP contribution in [0.5, 0.6) is 0 Å². The fourth-order valence-electron chi connectivity index (χ4n) is 14.6. The second-order valence-corrected chi connectivity index (χ2v) is 24.0. The molecule has 2 heterocycles. The summed E-state index contributed by atoms with van der Waals surface area (Å²) in [6.07, 6.45) is 19.0. The first-order valence-corrected chi connectivity index (χ1v) is 27.8. The van der Waals surface area contributed by atoms with Gasteiger partial charge in [0.15, 0.2) is 5.84 Å². The van der Waals surface area contributed by atoms with Gasteiger partial charge in [0.2, 0.25) is 0 Å². The van der Waals surface area contributed by atoms with E-state index in [9.17, 15) is 4.79 Å². The Balaban J connectivity index is 0.970. The maximum Gasteiger partial charge on any atom is 0.679 e. The monoisotopic (exact) mass is 992 g/mol. The Kier molecular flexibility index (Phi) is 14.7. The quantitative estimate of drug-likeness (QED) is 0.0482. The predicted octanol–water partition coefficient (Wildman–Crippen LogP) is 17.3. The van der Waals surface area contributed by atoms with Crippen molar-refractivity contribution < 1.29 is 18.2 Å². The lowest BCUT2D eigenvalue weighted by Gasteiger charge is -2.58. The van der Waals surface area contributed by atoms with Crippen molar-refractivity contribution in [1.29, 1.82) is 0 Å². The van der Waals surface area contributed by atoms with Gasteiger partial charge in [-0.15, -0.1) is 0 Å². The Bertz CT molecular complexity index is 3030. The third kappa shape index (κ3) is 10.0. The molecule has 3 saturated carbocycles. The van der Waals surface area contributed by atoms with Gasteiger partial charge >= 0.3 is 13.4 Å². The van der Waals surface area contributed by atoms with Gasteiger partial charge in [-0.05, 0) is 148 Å². The number of halogens is 2. The number of aromatic nitrogens is 1. The standard InChI is InChI=1S/C66H76BF2N3O2/c1-41(2)11-10-12-46(7)56-32-33-57-53-30-29-51-39-52(35-37-65(51,8)58(53)36-38-66(56,57)9)74-60(73)34-31-54-61(49-25-17-44(5)18-26-49)63(70-62(54)50-27-19-45(6)20-28-50)71-64-55(47-21-13-42(3)14-22-47)40-59(72(64)67(68)69)48-23-15-43(4)16-24-48/h13-29,31,34,40-41,46,52-53,56-58H,10-12,30,32-33,35-39H2,1-9H3/b34-31+,71-63-/t46-,52?,53+,56-,57+,58+,65+,66-/m1/s1. The van der Waals surface area contributed by atoms with Gasteiger partial charge in [-0.2, -0.15) is 0 Å². The molecular weight excluding hydrogens is 916 g/mol. The van der Waals surface area contributed by atoms with Gasteiger partial charge in [-0.3, -0.25) is 8.63 Å². The average molecular weight is 992 g/mol. The summed E-state index contributed by atoms with van der Waals surface area (Å²) in [5.74, 6) is 4.60. The van der Waals surface area contributed by atoms with Crippen molar-refractivity contribution in [3.63, 3.8) is 0 Å². The summed E-state index contributed by atoms with van der Waals surface area (Å²) in [6.45, 7) is 20.5. The number of nitrogens with zero attached hydrogens (tertiary/aromatic N) is 3. The number of benzene rings is 4. The maximum atomic E-state index is 15.8. The minimum absolute atomic E-state index is 0.0973. The Morgan fingerprint density at radius 1 is 0.770 bits per heavy atom. The molecule has 0 N–H and O–H groups in total. The SMILES string of the molecule is Cc1ccc(C2=N/C(=N\c3c(-c4ccc(C)cc4)cc(-c4ccc(C)cc4)n3B(F)F)C(c3ccc(C)cc3)=C2/C=C/C(=O)OC2CC[C@@]3(C)C(=CC[C@H]4[C@@H]5CC[C@H]([C@H](C)CCCC(C)C)[C@@]5(C)CC[C@@H]43)C2)cc1. The molecule has 4 aromatic carbocycles. The van der Waals surface area contributed by atoms with Crippen LogP contribution in [0.2, 0.25) is 0 Å². The zero-order valence-electron chi connectivity index (χ0n) is 45.4. The average Bonchev–Trinajstić information content (AvgIpc) is 4.07. The highest BCUT2D eigenvalue weighted by molar-refractivity contribution is 6.44. The summed E-state index contributed by atoms with van der Waals surface area (Å²) >= 11 is 0. The Morgan fingerprint density at radius 3 is 2.00 bits per heavy atom. The smallest absolute Gasteiger partial charge is 0.459 e. The molecule has 0 bridgehead atoms. The van der Waals surface area contributed by atoms with Crippen LogP contribution in [0.4, 0.5) is 14.4 Å². The predicted molar refractivity (Wildman–Crippen MR) is 303 cm³/mol. The van der Waals surface area contributed by atoms with Crippen molar-refractivity contribution in [1.82, 2.24) is 4.48 Å². The first-order chi connectivity index (χ1) is 35.5. The van der Waals surface area contributed by atoms with Crippen molar-refractivity contribution in [2.75, 3.05) is 0 Å². The van der Waals surface area contributed by atoms with Gasteiger partial charge in [0, 0.05) is 40.5 Å². The van der Waals surface area contributed by atoms with E-state index in [1.165, 1.54) is 56.6 Å². The molecule has 5 nitrogen and oxygen atoms in total. The minimum atomic E-state index is -2.91. The number of fused-ring (bicyclic) bond motifs is 5. The third-order valence-corrected chi connectivity index (χ3v) is 18.7. The van der Waals surface area contributed by atoms with Gasteiger partial charge in [0.05, 0.1) is 5.71 Å². The van der Waals surface area contributed by atoms with Crippen LogP contribution in [0.1, 0.15) is 139 Å². The van der Waals surface area contributed by atoms with E-state index in [0.717, 1.165) is 98.7 Å². The molecule has 5 aromatic rings. The topological polar surface area (TPSA) is 56.0 Å². The number of aliphatic imine (C=N–C) groups is 2. The van der Waals surface area contributed by atoms with Crippen LogP contribution in [0.3, 0.4) is 0 Å². The number of aryl methyl sites for hydroxylation is 4. The number of carbonyl (C=O) groups excluding carboxylic acids is 1. The molecule has 8 atom stereocenters. The molecule has 3 fully saturated rings. The van der Waals surface area contributed by atoms with E-state index in [1.807, 2.05) is 131 Å². The van der Waals surface area contributed by atoms with Gasteiger partial charge in [-0.1, -0.05) is 185 Å². The molecule has 0 saturated heterocycles. The van der Waals surface area contributed by atoms with Crippen LogP contribution in [-0.2, 0) is 9.53 Å². The zero-order valence-corrected chi connectivity index (χ0v) is 45.4. The number of rotatable bonds is 14. The second-order valence-electron chi connectivity index (χ2n) is 24.0. The van der Waals surface area contributed by atoms with Crippen LogP contribution >= 0.6 is 0 Å². The summed E-state index contributed by atoms with van der Waals surface area (Å²) in [7, 11) is -2.91. The molecule has 0 amide bonds. The Morgan fingerprint density at radius 2 is 1.38 bits per heavy atom. The highest BCUT2D eigenvalue weighted by Gasteiger charge is 2.59. The molecule has 74 heavy (non-hydrogen) atoms. The largest absolute Gasteiger partial charge is 0.679 e. The van der Waals surface area contributed by atoms with Crippen molar-refractivity contribution in [3.05, 3.63) is 166 Å². The van der Waals surface area contributed by atoms with Crippen molar-refractivity contribution in [2.24, 2.45) is 56.3 Å². The normalized spacial score (nSPS) is 26.5. The number of hydrogen-bond acceptors (Lipinski definition) is 3. The lowest BCUT2D eigenvalue weighted by Crippen LogP contribution is -2.51. The molecule has 1 unspecified atom stereocenters. The molecule has 1 aromatic heterocycles. The summed E-state index contributed by atoms with van der Waals surface area (Å²) in [5, 5.41) is 0. The molecule has 8 heteroatoms. The zero-order chi connectivity index (χ0) is 52.1. The van der Waals surface area contributed by atoms with E-state index in [2.05, 4.69) is 40.7 Å². The molecule has 384 valence electrons. The van der Waals surface area contributed by atoms with Crippen molar-refractivity contribution in [2.45, 2.75) is 139 Å². The first-order valence-electron chi connectivity index (χ1n) is 27.8. The summed E-state index contributed by atoms with van der Waals surface area (Å²) in [4.78, 5) is 24.7. The molecular formula is C66H76BF2N3O2. The second kappa shape index (κ2) is 21.0. The number of hydrogen-bond donors (Lipinski definition) is 0. The molecule has 1 aliphatic heterocycles. The van der Waals surface area contributed by atoms with Crippen LogP contribution < -0.4 is 0 Å². The van der Waals surface area contributed by atoms with Crippen LogP contribution in [0, 0.1) is 74.0 Å². The maximum absolute atomic E-state index is 15.8. The Labute approximate surface area is 440 Å². The number of esters is 1. The fraction of sp³-hybridized carbons (Fsp3) is 0.439. The van der Waals surface area contributed by atoms with Crippen molar-refractivity contribution >= 4 is 36.3 Å². The lowest BCUT2D eigenvalue weighted by atomic mass is 9.47. The summed E-state index contributed by atoms with van der Waals surface area (Å²) in [6, 6.07) is 33.5. The third-order valence-electron chi connectivity index (χ3n) is 18.7. The van der Waals surface area contributed by atoms with Gasteiger partial charge in [-0.25, -0.2) is 14.8 Å². The van der Waals surface area contributed by atoms with E-state index in [0.29, 0.717) is 45.0 Å². The molecule has 0 radical (unpaired) electrons. The van der Waals surface area contributed by atoms with Gasteiger partial charge in [0.1, 0.15) is 11.9 Å². The Hall–Kier alpha value is -5.89. The van der Waals surface area contributed by atoms with Crippen LogP contribution in [0.15, 0.2) is 142 Å². The molecule has 0 spiro atoms. The van der Waals surface area contributed by atoms with E-state index in [-0.39, 0.29) is 23.2 Å². The molecule has 10 rings (SSSR count). The highest BCUT2D eigenvalue weighted by atomic mass is 19.2. The van der Waals surface area contributed by atoms with E-state index < -0.39 is 13.4 Å². The number of amidine groups is 1. The summed E-state index contributed by atoms with van der Waals surface area (Å²) < 4.78 is 38.9. The molecule has 4 aliphatic carbocycles. The number of carbonyl (C=O) groups is 1. The summed E-state index contributed by atoms with van der Waals surface area (Å²) in [5.41, 5.74) is 12.2. The van der Waals surface area contributed by atoms with Crippen LogP contribution in [-0.4, -0.2) is 35.5 Å². The first kappa shape index (κ1) is 51.6. The van der Waals surface area contributed by atoms with E-state index >= 15 is 8.63 Å².